The number of carbonyl (C=O) groups is 1. The molecule has 5 heteroatoms. The van der Waals surface area contributed by atoms with Gasteiger partial charge in [0.15, 0.2) is 0 Å². The van der Waals surface area contributed by atoms with Gasteiger partial charge in [0.05, 0.1) is 12.6 Å². The Hall–Kier alpha value is -0.940. The van der Waals surface area contributed by atoms with Gasteiger partial charge in [-0.05, 0) is 12.8 Å². The lowest BCUT2D eigenvalue weighted by atomic mass is 10.2. The van der Waals surface area contributed by atoms with Gasteiger partial charge in [-0.1, -0.05) is 13.8 Å². The number of carbonyl (C=O) groups excluding carboxylic acids is 1. The Morgan fingerprint density at radius 3 is 2.81 bits per heavy atom. The zero-order chi connectivity index (χ0) is 12.0. The van der Waals surface area contributed by atoms with E-state index in [4.69, 9.17) is 0 Å². The summed E-state index contributed by atoms with van der Waals surface area (Å²) in [5.41, 5.74) is 0. The third kappa shape index (κ3) is 4.72. The van der Waals surface area contributed by atoms with Crippen molar-refractivity contribution < 1.29 is 4.79 Å². The van der Waals surface area contributed by atoms with Gasteiger partial charge in [-0.2, -0.15) is 0 Å². The molecule has 90 valence electrons. The van der Waals surface area contributed by atoms with Crippen molar-refractivity contribution >= 4 is 17.2 Å². The average molecular weight is 241 g/mol. The van der Waals surface area contributed by atoms with E-state index in [2.05, 4.69) is 29.5 Å². The molecular formula is C11H19N3OS. The van der Waals surface area contributed by atoms with Gasteiger partial charge in [0.25, 0.3) is 0 Å². The van der Waals surface area contributed by atoms with Gasteiger partial charge in [-0.15, -0.1) is 11.3 Å². The van der Waals surface area contributed by atoms with Crippen molar-refractivity contribution in [2.24, 2.45) is 5.92 Å². The SMILES string of the molecule is CC(C)CNC(=O)CNC(C)c1nccs1. The Morgan fingerprint density at radius 1 is 1.50 bits per heavy atom. The van der Waals surface area contributed by atoms with Crippen molar-refractivity contribution in [2.75, 3.05) is 13.1 Å². The Bertz CT molecular complexity index is 311. The maximum absolute atomic E-state index is 11.4. The first-order valence-electron chi connectivity index (χ1n) is 5.49. The third-order valence-electron chi connectivity index (χ3n) is 2.10. The highest BCUT2D eigenvalue weighted by atomic mass is 32.1. The van der Waals surface area contributed by atoms with Crippen LogP contribution in [0.4, 0.5) is 0 Å². The molecule has 0 saturated carbocycles. The molecule has 1 unspecified atom stereocenters. The van der Waals surface area contributed by atoms with Gasteiger partial charge in [-0.25, -0.2) is 4.98 Å². The molecule has 0 aliphatic rings. The normalized spacial score (nSPS) is 12.8. The van der Waals surface area contributed by atoms with Crippen LogP contribution in [0.1, 0.15) is 31.8 Å². The zero-order valence-corrected chi connectivity index (χ0v) is 10.8. The summed E-state index contributed by atoms with van der Waals surface area (Å²) in [6, 6.07) is 0.129. The van der Waals surface area contributed by atoms with Crippen molar-refractivity contribution in [3.63, 3.8) is 0 Å². The Kier molecular flexibility index (Phi) is 5.42. The minimum absolute atomic E-state index is 0.0390. The molecule has 1 aromatic rings. The molecule has 1 amide bonds. The molecule has 0 fully saturated rings. The van der Waals surface area contributed by atoms with Crippen molar-refractivity contribution in [1.82, 2.24) is 15.6 Å². The Balaban J connectivity index is 2.21. The summed E-state index contributed by atoms with van der Waals surface area (Å²) in [6.07, 6.45) is 1.77. The van der Waals surface area contributed by atoms with Gasteiger partial charge in [0.2, 0.25) is 5.91 Å². The Morgan fingerprint density at radius 2 is 2.25 bits per heavy atom. The summed E-state index contributed by atoms with van der Waals surface area (Å²) < 4.78 is 0. The summed E-state index contributed by atoms with van der Waals surface area (Å²) in [5, 5.41) is 8.96. The minimum atomic E-state index is 0.0390. The number of thiazole rings is 1. The van der Waals surface area contributed by atoms with Crippen molar-refractivity contribution in [3.8, 4) is 0 Å². The lowest BCUT2D eigenvalue weighted by molar-refractivity contribution is -0.120. The molecule has 2 N–H and O–H groups in total. The molecule has 1 heterocycles. The lowest BCUT2D eigenvalue weighted by Gasteiger charge is -2.12. The number of hydrogen-bond donors (Lipinski definition) is 2. The number of rotatable bonds is 6. The van der Waals surface area contributed by atoms with E-state index >= 15 is 0 Å². The van der Waals surface area contributed by atoms with Crippen LogP contribution in [0.2, 0.25) is 0 Å². The number of amides is 1. The highest BCUT2D eigenvalue weighted by Crippen LogP contribution is 2.13. The molecule has 0 saturated heterocycles. The molecule has 0 aliphatic carbocycles. The average Bonchev–Trinajstić information content (AvgIpc) is 2.76. The van der Waals surface area contributed by atoms with Crippen molar-refractivity contribution in [3.05, 3.63) is 16.6 Å². The third-order valence-corrected chi connectivity index (χ3v) is 3.06. The van der Waals surface area contributed by atoms with Crippen LogP contribution in [0.3, 0.4) is 0 Å². The van der Waals surface area contributed by atoms with Crippen molar-refractivity contribution in [1.29, 1.82) is 0 Å². The molecule has 0 radical (unpaired) electrons. The van der Waals surface area contributed by atoms with Crippen LogP contribution in [0.5, 0.6) is 0 Å². The van der Waals surface area contributed by atoms with E-state index in [1.807, 2.05) is 12.3 Å². The first-order chi connectivity index (χ1) is 7.59. The number of nitrogens with one attached hydrogen (secondary N) is 2. The standard InChI is InChI=1S/C11H19N3OS/c1-8(2)6-14-10(15)7-13-9(3)11-12-4-5-16-11/h4-5,8-9,13H,6-7H2,1-3H3,(H,14,15). The van der Waals surface area contributed by atoms with E-state index in [-0.39, 0.29) is 11.9 Å². The zero-order valence-electron chi connectivity index (χ0n) is 9.99. The lowest BCUT2D eigenvalue weighted by Crippen LogP contribution is -2.36. The monoisotopic (exact) mass is 241 g/mol. The van der Waals surface area contributed by atoms with Gasteiger partial charge in [-0.3, -0.25) is 10.1 Å². The molecule has 0 aliphatic heterocycles. The molecule has 4 nitrogen and oxygen atoms in total. The second kappa shape index (κ2) is 6.60. The molecule has 0 bridgehead atoms. The van der Waals surface area contributed by atoms with Crippen LogP contribution < -0.4 is 10.6 Å². The maximum Gasteiger partial charge on any atom is 0.233 e. The molecule has 1 atom stereocenters. The van der Waals surface area contributed by atoms with Crippen molar-refractivity contribution in [2.45, 2.75) is 26.8 Å². The van der Waals surface area contributed by atoms with E-state index in [0.29, 0.717) is 12.5 Å². The fourth-order valence-corrected chi connectivity index (χ4v) is 1.83. The van der Waals surface area contributed by atoms with Gasteiger partial charge < -0.3 is 5.32 Å². The molecular weight excluding hydrogens is 222 g/mol. The summed E-state index contributed by atoms with van der Waals surface area (Å²) in [7, 11) is 0. The van der Waals surface area contributed by atoms with Crippen LogP contribution in [-0.4, -0.2) is 24.0 Å². The fourth-order valence-electron chi connectivity index (χ4n) is 1.16. The molecule has 1 rings (SSSR count). The second-order valence-electron chi connectivity index (χ2n) is 4.17. The highest BCUT2D eigenvalue weighted by Gasteiger charge is 2.09. The highest BCUT2D eigenvalue weighted by molar-refractivity contribution is 7.09. The molecule has 0 aromatic carbocycles. The van der Waals surface area contributed by atoms with E-state index in [0.717, 1.165) is 11.6 Å². The van der Waals surface area contributed by atoms with Crippen LogP contribution in [0.15, 0.2) is 11.6 Å². The predicted octanol–water partition coefficient (Wildman–Crippen LogP) is 1.57. The van der Waals surface area contributed by atoms with Crippen LogP contribution in [0, 0.1) is 5.92 Å². The van der Waals surface area contributed by atoms with E-state index in [9.17, 15) is 4.79 Å². The van der Waals surface area contributed by atoms with Gasteiger partial charge in [0, 0.05) is 18.1 Å². The van der Waals surface area contributed by atoms with Crippen LogP contribution in [-0.2, 0) is 4.79 Å². The number of aromatic nitrogens is 1. The molecule has 1 aromatic heterocycles. The van der Waals surface area contributed by atoms with E-state index < -0.39 is 0 Å². The minimum Gasteiger partial charge on any atom is -0.355 e. The smallest absolute Gasteiger partial charge is 0.233 e. The van der Waals surface area contributed by atoms with E-state index in [1.165, 1.54) is 0 Å². The summed E-state index contributed by atoms with van der Waals surface area (Å²) in [6.45, 7) is 7.23. The second-order valence-corrected chi connectivity index (χ2v) is 5.10. The molecule has 0 spiro atoms. The predicted molar refractivity (Wildman–Crippen MR) is 66.4 cm³/mol. The quantitative estimate of drug-likeness (QED) is 0.795. The Labute approximate surface area is 100 Å². The summed E-state index contributed by atoms with van der Waals surface area (Å²) in [5.74, 6) is 0.525. The first-order valence-corrected chi connectivity index (χ1v) is 6.37. The maximum atomic E-state index is 11.4. The van der Waals surface area contributed by atoms with E-state index in [1.54, 1.807) is 17.5 Å². The first kappa shape index (κ1) is 13.1. The number of nitrogens with zero attached hydrogens (tertiary/aromatic N) is 1. The van der Waals surface area contributed by atoms with Gasteiger partial charge in [0.1, 0.15) is 5.01 Å². The summed E-state index contributed by atoms with van der Waals surface area (Å²) >= 11 is 1.60. The number of hydrogen-bond acceptors (Lipinski definition) is 4. The summed E-state index contributed by atoms with van der Waals surface area (Å²) in [4.78, 5) is 15.6. The fraction of sp³-hybridized carbons (Fsp3) is 0.636. The largest absolute Gasteiger partial charge is 0.355 e. The van der Waals surface area contributed by atoms with Gasteiger partial charge >= 0.3 is 0 Å². The van der Waals surface area contributed by atoms with Crippen LogP contribution >= 0.6 is 11.3 Å². The van der Waals surface area contributed by atoms with Crippen LogP contribution in [0.25, 0.3) is 0 Å². The topological polar surface area (TPSA) is 54.0 Å². The molecule has 16 heavy (non-hydrogen) atoms.